The zero-order valence-corrected chi connectivity index (χ0v) is 23.6. The number of furan rings is 1. The minimum absolute atomic E-state index is 0.106. The predicted octanol–water partition coefficient (Wildman–Crippen LogP) is 11.5. The van der Waals surface area contributed by atoms with E-state index in [0.29, 0.717) is 0 Å². The number of benzene rings is 7. The molecule has 1 aliphatic carbocycles. The Morgan fingerprint density at radius 3 is 1.60 bits per heavy atom. The van der Waals surface area contributed by atoms with Crippen LogP contribution in [0.1, 0.15) is 25.0 Å². The van der Waals surface area contributed by atoms with Crippen molar-refractivity contribution in [2.45, 2.75) is 19.3 Å². The molecule has 1 aromatic heterocycles. The maximum Gasteiger partial charge on any atom is 0.136 e. The number of hydrogen-bond donors (Lipinski definition) is 0. The molecule has 0 atom stereocenters. The normalized spacial score (nSPS) is 13.7. The third-order valence-electron chi connectivity index (χ3n) is 9.45. The van der Waals surface area contributed by atoms with Crippen LogP contribution >= 0.6 is 0 Å². The van der Waals surface area contributed by atoms with E-state index in [9.17, 15) is 0 Å². The lowest BCUT2D eigenvalue weighted by Gasteiger charge is -2.26. The second kappa shape index (κ2) is 8.44. The summed E-state index contributed by atoms with van der Waals surface area (Å²) < 4.78 is 6.34. The average molecular weight is 537 g/mol. The Bertz CT molecular complexity index is 2330. The van der Waals surface area contributed by atoms with Crippen LogP contribution < -0.4 is 0 Å². The van der Waals surface area contributed by atoms with Gasteiger partial charge in [0.15, 0.2) is 0 Å². The van der Waals surface area contributed by atoms with Crippen molar-refractivity contribution < 1.29 is 4.42 Å². The molecule has 0 saturated heterocycles. The van der Waals surface area contributed by atoms with Crippen molar-refractivity contribution in [2.75, 3.05) is 0 Å². The van der Waals surface area contributed by atoms with E-state index in [-0.39, 0.29) is 5.41 Å². The van der Waals surface area contributed by atoms with E-state index in [1.165, 1.54) is 71.4 Å². The molecule has 9 rings (SSSR count). The van der Waals surface area contributed by atoms with E-state index in [0.717, 1.165) is 16.6 Å². The zero-order valence-electron chi connectivity index (χ0n) is 23.6. The molecule has 0 aliphatic heterocycles. The van der Waals surface area contributed by atoms with Gasteiger partial charge in [-0.15, -0.1) is 0 Å². The minimum atomic E-state index is -0.106. The number of hydrogen-bond acceptors (Lipinski definition) is 1. The van der Waals surface area contributed by atoms with E-state index < -0.39 is 0 Å². The Kier molecular flexibility index (Phi) is 4.73. The fourth-order valence-electron chi connectivity index (χ4n) is 7.75. The first-order chi connectivity index (χ1) is 20.6. The van der Waals surface area contributed by atoms with Crippen LogP contribution in [-0.2, 0) is 5.41 Å². The third kappa shape index (κ3) is 3.03. The minimum Gasteiger partial charge on any atom is -0.456 e. The molecule has 1 aliphatic rings. The Morgan fingerprint density at radius 2 is 0.881 bits per heavy atom. The van der Waals surface area contributed by atoms with Gasteiger partial charge in [-0.25, -0.2) is 0 Å². The van der Waals surface area contributed by atoms with Crippen LogP contribution in [0.15, 0.2) is 138 Å². The van der Waals surface area contributed by atoms with Crippen LogP contribution in [0.3, 0.4) is 0 Å². The summed E-state index contributed by atoms with van der Waals surface area (Å²) in [5, 5.41) is 7.39. The molecule has 198 valence electrons. The third-order valence-corrected chi connectivity index (χ3v) is 9.45. The molecule has 42 heavy (non-hydrogen) atoms. The van der Waals surface area contributed by atoms with Gasteiger partial charge in [-0.2, -0.15) is 0 Å². The number of rotatable bonds is 2. The van der Waals surface area contributed by atoms with Crippen molar-refractivity contribution in [3.8, 4) is 33.4 Å². The van der Waals surface area contributed by atoms with Crippen LogP contribution in [0, 0.1) is 0 Å². The van der Waals surface area contributed by atoms with Crippen LogP contribution in [0.2, 0.25) is 0 Å². The van der Waals surface area contributed by atoms with Gasteiger partial charge in [0.05, 0.1) is 0 Å². The van der Waals surface area contributed by atoms with Crippen molar-refractivity contribution in [2.24, 2.45) is 0 Å². The van der Waals surface area contributed by atoms with E-state index in [1.807, 2.05) is 6.07 Å². The molecule has 1 heteroatoms. The van der Waals surface area contributed by atoms with Crippen LogP contribution in [0.5, 0.6) is 0 Å². The second-order valence-corrected chi connectivity index (χ2v) is 12.0. The first kappa shape index (κ1) is 23.6. The Hall–Kier alpha value is -5.14. The smallest absolute Gasteiger partial charge is 0.136 e. The topological polar surface area (TPSA) is 13.1 Å². The lowest BCUT2D eigenvalue weighted by Crippen LogP contribution is -2.16. The van der Waals surface area contributed by atoms with Gasteiger partial charge < -0.3 is 4.42 Å². The van der Waals surface area contributed by atoms with Gasteiger partial charge in [0.2, 0.25) is 0 Å². The summed E-state index contributed by atoms with van der Waals surface area (Å²) in [4.78, 5) is 0. The van der Waals surface area contributed by atoms with E-state index in [4.69, 9.17) is 4.42 Å². The fraction of sp³-hybridized carbons (Fsp3) is 0.0732. The molecule has 0 radical (unpaired) electrons. The standard InChI is InChI=1S/C41H28O/c1-41(2)34-22-9-7-13-25(34)30-19-11-21-33(40(30)41)38-28-16-5-3-14-26(28)37(27-15-4-6-17-29(27)38)32-20-12-24-36-39(32)31-18-8-10-23-35(31)42-36/h3-24H,1-2H3. The van der Waals surface area contributed by atoms with Gasteiger partial charge >= 0.3 is 0 Å². The van der Waals surface area contributed by atoms with Gasteiger partial charge in [-0.3, -0.25) is 0 Å². The molecule has 0 amide bonds. The highest BCUT2D eigenvalue weighted by Gasteiger charge is 2.38. The molecule has 0 N–H and O–H groups in total. The number of para-hydroxylation sites is 1. The lowest BCUT2D eigenvalue weighted by atomic mass is 9.76. The molecular weight excluding hydrogens is 508 g/mol. The summed E-state index contributed by atoms with van der Waals surface area (Å²) in [6.07, 6.45) is 0. The number of fused-ring (bicyclic) bond motifs is 8. The van der Waals surface area contributed by atoms with Gasteiger partial charge in [0.25, 0.3) is 0 Å². The fourth-order valence-corrected chi connectivity index (χ4v) is 7.75. The van der Waals surface area contributed by atoms with Crippen molar-refractivity contribution in [3.05, 3.63) is 145 Å². The molecule has 0 saturated carbocycles. The summed E-state index contributed by atoms with van der Waals surface area (Å²) in [6.45, 7) is 4.76. The van der Waals surface area contributed by atoms with Crippen molar-refractivity contribution in [1.29, 1.82) is 0 Å². The maximum absolute atomic E-state index is 6.34. The molecule has 7 aromatic carbocycles. The summed E-state index contributed by atoms with van der Waals surface area (Å²) >= 11 is 0. The Morgan fingerprint density at radius 1 is 0.405 bits per heavy atom. The van der Waals surface area contributed by atoms with E-state index in [1.54, 1.807) is 0 Å². The Labute approximate surface area is 244 Å². The largest absolute Gasteiger partial charge is 0.456 e. The first-order valence-corrected chi connectivity index (χ1v) is 14.7. The monoisotopic (exact) mass is 536 g/mol. The molecule has 8 aromatic rings. The summed E-state index contributed by atoms with van der Waals surface area (Å²) in [5.41, 5.74) is 12.4. The average Bonchev–Trinajstić information content (AvgIpc) is 3.53. The van der Waals surface area contributed by atoms with Crippen molar-refractivity contribution >= 4 is 43.5 Å². The lowest BCUT2D eigenvalue weighted by molar-refractivity contribution is 0.662. The molecule has 1 nitrogen and oxygen atoms in total. The van der Waals surface area contributed by atoms with Gasteiger partial charge in [0.1, 0.15) is 11.2 Å². The molecule has 1 heterocycles. The molecule has 0 unspecified atom stereocenters. The quantitative estimate of drug-likeness (QED) is 0.200. The van der Waals surface area contributed by atoms with Gasteiger partial charge in [-0.05, 0) is 78.2 Å². The highest BCUT2D eigenvalue weighted by Crippen LogP contribution is 2.54. The summed E-state index contributed by atoms with van der Waals surface area (Å²) in [7, 11) is 0. The highest BCUT2D eigenvalue weighted by atomic mass is 16.3. The van der Waals surface area contributed by atoms with E-state index in [2.05, 4.69) is 141 Å². The highest BCUT2D eigenvalue weighted by molar-refractivity contribution is 6.26. The Balaban J connectivity index is 1.45. The van der Waals surface area contributed by atoms with Crippen LogP contribution in [0.25, 0.3) is 76.9 Å². The molecule has 0 fully saturated rings. The van der Waals surface area contributed by atoms with Gasteiger partial charge in [-0.1, -0.05) is 135 Å². The van der Waals surface area contributed by atoms with E-state index >= 15 is 0 Å². The van der Waals surface area contributed by atoms with Crippen LogP contribution in [0.4, 0.5) is 0 Å². The molecular formula is C41H28O. The predicted molar refractivity (Wildman–Crippen MR) is 177 cm³/mol. The summed E-state index contributed by atoms with van der Waals surface area (Å²) in [6, 6.07) is 48.6. The van der Waals surface area contributed by atoms with Crippen LogP contribution in [-0.4, -0.2) is 0 Å². The summed E-state index contributed by atoms with van der Waals surface area (Å²) in [5.74, 6) is 0. The zero-order chi connectivity index (χ0) is 28.0. The van der Waals surface area contributed by atoms with Crippen molar-refractivity contribution in [1.82, 2.24) is 0 Å². The molecule has 0 spiro atoms. The van der Waals surface area contributed by atoms with Gasteiger partial charge in [0, 0.05) is 16.2 Å². The second-order valence-electron chi connectivity index (χ2n) is 12.0. The SMILES string of the molecule is CC1(C)c2ccccc2-c2cccc(-c3c4ccccc4c(-c4cccc5oc6ccccc6c45)c4ccccc34)c21. The molecule has 0 bridgehead atoms. The first-order valence-electron chi connectivity index (χ1n) is 14.7. The maximum atomic E-state index is 6.34. The van der Waals surface area contributed by atoms with Crippen molar-refractivity contribution in [3.63, 3.8) is 0 Å².